The summed E-state index contributed by atoms with van der Waals surface area (Å²) >= 11 is 0. The summed E-state index contributed by atoms with van der Waals surface area (Å²) in [5.74, 6) is 0. The summed E-state index contributed by atoms with van der Waals surface area (Å²) in [7, 11) is 2.28. The van der Waals surface area contributed by atoms with E-state index < -0.39 is 0 Å². The van der Waals surface area contributed by atoms with Crippen molar-refractivity contribution in [2.24, 2.45) is 0 Å². The van der Waals surface area contributed by atoms with Crippen molar-refractivity contribution < 1.29 is 4.74 Å². The summed E-state index contributed by atoms with van der Waals surface area (Å²) in [6.07, 6.45) is 5.41. The highest BCUT2D eigenvalue weighted by atomic mass is 16.5. The van der Waals surface area contributed by atoms with Gasteiger partial charge in [0.15, 0.2) is 0 Å². The third-order valence-corrected chi connectivity index (χ3v) is 5.87. The van der Waals surface area contributed by atoms with Crippen LogP contribution in [0.15, 0.2) is 54.6 Å². The van der Waals surface area contributed by atoms with Gasteiger partial charge in [-0.25, -0.2) is 0 Å². The minimum absolute atomic E-state index is 0.0413. The van der Waals surface area contributed by atoms with E-state index in [0.29, 0.717) is 18.2 Å². The van der Waals surface area contributed by atoms with Gasteiger partial charge < -0.3 is 9.64 Å². The van der Waals surface area contributed by atoms with Gasteiger partial charge in [-0.1, -0.05) is 60.2 Å². The summed E-state index contributed by atoms with van der Waals surface area (Å²) in [6.45, 7) is 2.14. The van der Waals surface area contributed by atoms with Crippen molar-refractivity contribution in [1.29, 1.82) is 0 Å². The lowest BCUT2D eigenvalue weighted by Gasteiger charge is -2.38. The molecule has 0 aromatic heterocycles. The Morgan fingerprint density at radius 2 is 1.46 bits per heavy atom. The molecule has 2 aromatic rings. The molecule has 0 saturated carbocycles. The number of fused-ring (bicyclic) bond motifs is 2. The van der Waals surface area contributed by atoms with E-state index in [1.165, 1.54) is 42.4 Å². The number of hydrogen-bond acceptors (Lipinski definition) is 2. The second-order valence-electron chi connectivity index (χ2n) is 7.48. The maximum absolute atomic E-state index is 6.71. The van der Waals surface area contributed by atoms with Crippen LogP contribution in [0.25, 0.3) is 0 Å². The summed E-state index contributed by atoms with van der Waals surface area (Å²) in [5.41, 5.74) is 3.81. The van der Waals surface area contributed by atoms with Gasteiger partial charge in [0.05, 0.1) is 6.10 Å². The quantitative estimate of drug-likeness (QED) is 0.807. The Bertz CT molecular complexity index is 652. The van der Waals surface area contributed by atoms with Crippen LogP contribution in [0.3, 0.4) is 0 Å². The summed E-state index contributed by atoms with van der Waals surface area (Å²) in [4.78, 5) is 2.57. The van der Waals surface area contributed by atoms with Crippen molar-refractivity contribution >= 4 is 0 Å². The molecule has 0 aliphatic carbocycles. The Morgan fingerprint density at radius 1 is 0.875 bits per heavy atom. The lowest BCUT2D eigenvalue weighted by atomic mass is 9.97. The monoisotopic (exact) mass is 321 g/mol. The van der Waals surface area contributed by atoms with Gasteiger partial charge in [-0.05, 0) is 50.8 Å². The molecule has 0 amide bonds. The Morgan fingerprint density at radius 3 is 2.08 bits per heavy atom. The largest absolute Gasteiger partial charge is 0.365 e. The first-order valence-electron chi connectivity index (χ1n) is 9.19. The number of nitrogens with zero attached hydrogens (tertiary/aromatic N) is 1. The zero-order valence-corrected chi connectivity index (χ0v) is 14.7. The number of aryl methyl sites for hydroxylation is 1. The van der Waals surface area contributed by atoms with Crippen LogP contribution < -0.4 is 0 Å². The minimum Gasteiger partial charge on any atom is -0.365 e. The molecule has 1 unspecified atom stereocenters. The maximum atomic E-state index is 6.71. The molecular weight excluding hydrogens is 294 g/mol. The van der Waals surface area contributed by atoms with Gasteiger partial charge in [0.2, 0.25) is 0 Å². The molecule has 2 heterocycles. The number of ether oxygens (including phenoxy) is 1. The highest BCUT2D eigenvalue weighted by Crippen LogP contribution is 2.38. The topological polar surface area (TPSA) is 12.5 Å². The lowest BCUT2D eigenvalue weighted by molar-refractivity contribution is -0.0426. The first kappa shape index (κ1) is 15.9. The first-order chi connectivity index (χ1) is 11.7. The predicted molar refractivity (Wildman–Crippen MR) is 98.1 cm³/mol. The van der Waals surface area contributed by atoms with E-state index in [4.69, 9.17) is 4.74 Å². The van der Waals surface area contributed by atoms with E-state index in [1.807, 2.05) is 0 Å². The number of rotatable bonds is 4. The van der Waals surface area contributed by atoms with E-state index in [1.54, 1.807) is 0 Å². The second kappa shape index (κ2) is 6.70. The van der Waals surface area contributed by atoms with Crippen molar-refractivity contribution in [3.63, 3.8) is 0 Å². The van der Waals surface area contributed by atoms with Gasteiger partial charge in [-0.3, -0.25) is 0 Å². The average Bonchev–Trinajstić information content (AvgIpc) is 2.83. The standard InChI is InChI=1S/C22H27NO/c1-16-8-10-18(11-9-16)22(17-6-4-3-5-7-17)24-21-14-19-12-13-20(15-21)23(19)2/h3-11,19-22H,12-15H2,1-2H3/t19-,20+,21?,22-/m1/s1. The summed E-state index contributed by atoms with van der Waals surface area (Å²) in [5, 5.41) is 0. The highest BCUT2D eigenvalue weighted by Gasteiger charge is 2.39. The molecule has 2 aliphatic rings. The zero-order valence-electron chi connectivity index (χ0n) is 14.7. The third kappa shape index (κ3) is 3.13. The Kier molecular flexibility index (Phi) is 4.43. The molecule has 0 spiro atoms. The van der Waals surface area contributed by atoms with Crippen LogP contribution in [-0.2, 0) is 4.74 Å². The van der Waals surface area contributed by atoms with Crippen molar-refractivity contribution in [2.75, 3.05) is 7.05 Å². The lowest BCUT2D eigenvalue weighted by Crippen LogP contribution is -2.43. The van der Waals surface area contributed by atoms with Gasteiger partial charge in [-0.2, -0.15) is 0 Å². The molecule has 2 aromatic carbocycles. The second-order valence-corrected chi connectivity index (χ2v) is 7.48. The molecule has 4 rings (SSSR count). The van der Waals surface area contributed by atoms with Crippen LogP contribution in [0.2, 0.25) is 0 Å². The summed E-state index contributed by atoms with van der Waals surface area (Å²) in [6, 6.07) is 20.9. The average molecular weight is 321 g/mol. The van der Waals surface area contributed by atoms with Gasteiger partial charge >= 0.3 is 0 Å². The van der Waals surface area contributed by atoms with Crippen LogP contribution in [0, 0.1) is 6.92 Å². The number of piperidine rings is 1. The molecule has 24 heavy (non-hydrogen) atoms. The van der Waals surface area contributed by atoms with Gasteiger partial charge in [0.1, 0.15) is 6.10 Å². The zero-order chi connectivity index (χ0) is 16.5. The molecular formula is C22H27NO. The van der Waals surface area contributed by atoms with Crippen LogP contribution in [0.1, 0.15) is 48.5 Å². The molecule has 2 aliphatic heterocycles. The Labute approximate surface area is 145 Å². The molecule has 2 saturated heterocycles. The third-order valence-electron chi connectivity index (χ3n) is 5.87. The molecule has 126 valence electrons. The molecule has 2 bridgehead atoms. The minimum atomic E-state index is 0.0413. The Balaban J connectivity index is 1.58. The van der Waals surface area contributed by atoms with Crippen LogP contribution in [0.4, 0.5) is 0 Å². The van der Waals surface area contributed by atoms with Gasteiger partial charge in [0, 0.05) is 12.1 Å². The molecule has 0 radical (unpaired) electrons. The Hall–Kier alpha value is -1.64. The number of benzene rings is 2. The highest BCUT2D eigenvalue weighted by molar-refractivity contribution is 5.32. The molecule has 2 fully saturated rings. The van der Waals surface area contributed by atoms with Crippen molar-refractivity contribution in [1.82, 2.24) is 4.90 Å². The molecule has 4 atom stereocenters. The predicted octanol–water partition coefficient (Wildman–Crippen LogP) is 4.73. The van der Waals surface area contributed by atoms with E-state index in [-0.39, 0.29) is 6.10 Å². The van der Waals surface area contributed by atoms with Crippen molar-refractivity contribution in [3.8, 4) is 0 Å². The van der Waals surface area contributed by atoms with Crippen LogP contribution >= 0.6 is 0 Å². The molecule has 2 nitrogen and oxygen atoms in total. The van der Waals surface area contributed by atoms with Crippen LogP contribution in [-0.4, -0.2) is 30.1 Å². The normalized spacial score (nSPS) is 28.0. The fourth-order valence-electron chi connectivity index (χ4n) is 4.38. The van der Waals surface area contributed by atoms with E-state index in [2.05, 4.69) is 73.5 Å². The smallest absolute Gasteiger partial charge is 0.108 e. The van der Waals surface area contributed by atoms with Crippen molar-refractivity contribution in [2.45, 2.75) is 56.9 Å². The SMILES string of the molecule is Cc1ccc([C@H](OC2C[C@H]3CC[C@@H](C2)N3C)c2ccccc2)cc1. The van der Waals surface area contributed by atoms with Gasteiger partial charge in [-0.15, -0.1) is 0 Å². The maximum Gasteiger partial charge on any atom is 0.108 e. The number of hydrogen-bond donors (Lipinski definition) is 0. The first-order valence-corrected chi connectivity index (χ1v) is 9.19. The van der Waals surface area contributed by atoms with E-state index >= 15 is 0 Å². The van der Waals surface area contributed by atoms with E-state index in [9.17, 15) is 0 Å². The van der Waals surface area contributed by atoms with Gasteiger partial charge in [0.25, 0.3) is 0 Å². The summed E-state index contributed by atoms with van der Waals surface area (Å²) < 4.78 is 6.71. The van der Waals surface area contributed by atoms with Crippen LogP contribution in [0.5, 0.6) is 0 Å². The van der Waals surface area contributed by atoms with E-state index in [0.717, 1.165) is 0 Å². The fourth-order valence-corrected chi connectivity index (χ4v) is 4.38. The molecule has 2 heteroatoms. The fraction of sp³-hybridized carbons (Fsp3) is 0.455. The molecule has 0 N–H and O–H groups in total. The van der Waals surface area contributed by atoms with Crippen molar-refractivity contribution in [3.05, 3.63) is 71.3 Å².